The number of hydrogen-bond acceptors (Lipinski definition) is 3. The van der Waals surface area contributed by atoms with E-state index >= 15 is 0 Å². The Morgan fingerprint density at radius 1 is 1.31 bits per heavy atom. The predicted octanol–water partition coefficient (Wildman–Crippen LogP) is 2.58. The van der Waals surface area contributed by atoms with Gasteiger partial charge in [0.2, 0.25) is 0 Å². The summed E-state index contributed by atoms with van der Waals surface area (Å²) >= 11 is 1.93. The largest absolute Gasteiger partial charge is 0.329 e. The summed E-state index contributed by atoms with van der Waals surface area (Å²) in [5.41, 5.74) is 5.90. The second-order valence-corrected chi connectivity index (χ2v) is 6.24. The zero-order valence-corrected chi connectivity index (χ0v) is 11.9. The molecule has 0 heterocycles. The average molecular weight is 244 g/mol. The molecule has 0 radical (unpaired) electrons. The van der Waals surface area contributed by atoms with Gasteiger partial charge in [0.15, 0.2) is 0 Å². The number of rotatable bonds is 6. The van der Waals surface area contributed by atoms with Crippen molar-refractivity contribution in [1.82, 2.24) is 4.90 Å². The van der Waals surface area contributed by atoms with Gasteiger partial charge in [-0.1, -0.05) is 6.92 Å². The van der Waals surface area contributed by atoms with Crippen LogP contribution in [-0.2, 0) is 0 Å². The van der Waals surface area contributed by atoms with Crippen molar-refractivity contribution in [3.63, 3.8) is 0 Å². The van der Waals surface area contributed by atoms with E-state index in [0.29, 0.717) is 6.04 Å². The third kappa shape index (κ3) is 4.27. The van der Waals surface area contributed by atoms with Crippen LogP contribution in [0.4, 0.5) is 0 Å². The zero-order valence-electron chi connectivity index (χ0n) is 11.1. The number of nitrogens with two attached hydrogens (primary N) is 1. The average Bonchev–Trinajstić information content (AvgIpc) is 2.30. The lowest BCUT2D eigenvalue weighted by atomic mass is 9.86. The van der Waals surface area contributed by atoms with Crippen molar-refractivity contribution in [3.05, 3.63) is 0 Å². The minimum absolute atomic E-state index is 0.589. The van der Waals surface area contributed by atoms with E-state index in [-0.39, 0.29) is 0 Å². The van der Waals surface area contributed by atoms with Gasteiger partial charge < -0.3 is 5.73 Å². The fourth-order valence-corrected chi connectivity index (χ4v) is 3.20. The molecule has 0 aromatic rings. The minimum Gasteiger partial charge on any atom is -0.329 e. The number of nitrogens with zero attached hydrogens (tertiary/aromatic N) is 1. The highest BCUT2D eigenvalue weighted by molar-refractivity contribution is 7.98. The van der Waals surface area contributed by atoms with E-state index in [1.807, 2.05) is 11.8 Å². The summed E-state index contributed by atoms with van der Waals surface area (Å²) in [6, 6.07) is 1.37. The van der Waals surface area contributed by atoms with Crippen molar-refractivity contribution >= 4 is 11.8 Å². The van der Waals surface area contributed by atoms with Gasteiger partial charge in [0.25, 0.3) is 0 Å². The molecule has 1 saturated carbocycles. The predicted molar refractivity (Wildman–Crippen MR) is 75.0 cm³/mol. The first-order chi connectivity index (χ1) is 7.69. The monoisotopic (exact) mass is 244 g/mol. The number of likely N-dealkylation sites (N-methyl/N-ethyl adjacent to an activating group) is 1. The molecule has 3 heteroatoms. The summed E-state index contributed by atoms with van der Waals surface area (Å²) in [5.74, 6) is 2.17. The third-order valence-corrected chi connectivity index (χ3v) is 4.71. The molecule has 16 heavy (non-hydrogen) atoms. The summed E-state index contributed by atoms with van der Waals surface area (Å²) < 4.78 is 0. The molecule has 1 aliphatic carbocycles. The van der Waals surface area contributed by atoms with Crippen molar-refractivity contribution in [3.8, 4) is 0 Å². The first-order valence-corrected chi connectivity index (χ1v) is 7.99. The highest BCUT2D eigenvalue weighted by Crippen LogP contribution is 2.27. The van der Waals surface area contributed by atoms with Gasteiger partial charge in [-0.3, -0.25) is 4.90 Å². The summed E-state index contributed by atoms with van der Waals surface area (Å²) in [6.07, 6.45) is 8.95. The van der Waals surface area contributed by atoms with Crippen LogP contribution in [0.5, 0.6) is 0 Å². The van der Waals surface area contributed by atoms with E-state index in [1.165, 1.54) is 37.9 Å². The number of thioether (sulfide) groups is 1. The minimum atomic E-state index is 0.589. The number of hydrogen-bond donors (Lipinski definition) is 1. The maximum absolute atomic E-state index is 5.90. The van der Waals surface area contributed by atoms with Crippen LogP contribution in [0.2, 0.25) is 0 Å². The summed E-state index contributed by atoms with van der Waals surface area (Å²) in [4.78, 5) is 2.56. The van der Waals surface area contributed by atoms with Crippen molar-refractivity contribution in [1.29, 1.82) is 0 Å². The zero-order chi connectivity index (χ0) is 12.0. The second-order valence-electron chi connectivity index (χ2n) is 5.25. The van der Waals surface area contributed by atoms with Crippen LogP contribution in [0.1, 0.15) is 39.0 Å². The van der Waals surface area contributed by atoms with E-state index in [1.54, 1.807) is 0 Å². The molecule has 1 rings (SSSR count). The lowest BCUT2D eigenvalue weighted by Gasteiger charge is -2.38. The fraction of sp³-hybridized carbons (Fsp3) is 1.00. The third-order valence-electron chi connectivity index (χ3n) is 4.06. The van der Waals surface area contributed by atoms with Gasteiger partial charge in [0, 0.05) is 18.6 Å². The lowest BCUT2D eigenvalue weighted by Crippen LogP contribution is -2.45. The molecule has 2 N–H and O–H groups in total. The van der Waals surface area contributed by atoms with Gasteiger partial charge in [0.05, 0.1) is 0 Å². The Kier molecular flexibility index (Phi) is 6.78. The Bertz CT molecular complexity index is 174. The van der Waals surface area contributed by atoms with Crippen LogP contribution >= 0.6 is 11.8 Å². The normalized spacial score (nSPS) is 28.3. The van der Waals surface area contributed by atoms with E-state index in [4.69, 9.17) is 5.73 Å². The Labute approximate surface area is 105 Å². The quantitative estimate of drug-likeness (QED) is 0.779. The summed E-state index contributed by atoms with van der Waals surface area (Å²) in [6.45, 7) is 3.19. The maximum Gasteiger partial charge on any atom is 0.0226 e. The van der Waals surface area contributed by atoms with Crippen LogP contribution < -0.4 is 5.73 Å². The van der Waals surface area contributed by atoms with Crippen LogP contribution in [-0.4, -0.2) is 42.6 Å². The molecule has 0 aromatic heterocycles. The molecule has 96 valence electrons. The molecule has 1 unspecified atom stereocenters. The lowest BCUT2D eigenvalue weighted by molar-refractivity contribution is 0.124. The Morgan fingerprint density at radius 2 is 1.94 bits per heavy atom. The van der Waals surface area contributed by atoms with E-state index in [9.17, 15) is 0 Å². The van der Waals surface area contributed by atoms with Gasteiger partial charge in [-0.15, -0.1) is 0 Å². The smallest absolute Gasteiger partial charge is 0.0226 e. The Hall–Kier alpha value is 0.270. The highest BCUT2D eigenvalue weighted by Gasteiger charge is 2.25. The van der Waals surface area contributed by atoms with Gasteiger partial charge in [-0.05, 0) is 57.1 Å². The van der Waals surface area contributed by atoms with Gasteiger partial charge in [-0.25, -0.2) is 0 Å². The van der Waals surface area contributed by atoms with Crippen LogP contribution in [0.3, 0.4) is 0 Å². The second kappa shape index (κ2) is 7.57. The van der Waals surface area contributed by atoms with Gasteiger partial charge in [-0.2, -0.15) is 11.8 Å². The first-order valence-electron chi connectivity index (χ1n) is 6.60. The summed E-state index contributed by atoms with van der Waals surface area (Å²) in [5, 5.41) is 0. The molecule has 0 aliphatic heterocycles. The SMILES string of the molecule is CSCCC(CN)N(C)C1CCC(C)CC1. The topological polar surface area (TPSA) is 29.3 Å². The van der Waals surface area contributed by atoms with Crippen molar-refractivity contribution in [2.24, 2.45) is 11.7 Å². The first kappa shape index (κ1) is 14.3. The molecule has 0 amide bonds. The molecule has 0 aromatic carbocycles. The molecule has 1 atom stereocenters. The summed E-state index contributed by atoms with van der Waals surface area (Å²) in [7, 11) is 2.28. The van der Waals surface area contributed by atoms with E-state index in [2.05, 4.69) is 25.1 Å². The van der Waals surface area contributed by atoms with Crippen LogP contribution in [0, 0.1) is 5.92 Å². The molecular formula is C13H28N2S. The molecule has 1 fully saturated rings. The van der Waals surface area contributed by atoms with Gasteiger partial charge >= 0.3 is 0 Å². The van der Waals surface area contributed by atoms with E-state index < -0.39 is 0 Å². The van der Waals surface area contributed by atoms with Gasteiger partial charge in [0.1, 0.15) is 0 Å². The maximum atomic E-state index is 5.90. The molecule has 0 spiro atoms. The van der Waals surface area contributed by atoms with Crippen LogP contribution in [0.15, 0.2) is 0 Å². The highest BCUT2D eigenvalue weighted by atomic mass is 32.2. The van der Waals surface area contributed by atoms with Crippen molar-refractivity contribution in [2.45, 2.75) is 51.1 Å². The van der Waals surface area contributed by atoms with E-state index in [0.717, 1.165) is 18.5 Å². The Morgan fingerprint density at radius 3 is 2.44 bits per heavy atom. The Balaban J connectivity index is 2.37. The van der Waals surface area contributed by atoms with Crippen LogP contribution in [0.25, 0.3) is 0 Å². The van der Waals surface area contributed by atoms with Crippen molar-refractivity contribution < 1.29 is 0 Å². The molecule has 0 bridgehead atoms. The fourth-order valence-electron chi connectivity index (χ4n) is 2.69. The molecule has 0 saturated heterocycles. The van der Waals surface area contributed by atoms with Crippen molar-refractivity contribution in [2.75, 3.05) is 25.6 Å². The molecule has 1 aliphatic rings. The molecule has 2 nitrogen and oxygen atoms in total. The standard InChI is InChI=1S/C13H28N2S/c1-11-4-6-12(7-5-11)15(2)13(10-14)8-9-16-3/h11-13H,4-10,14H2,1-3H3. The molecular weight excluding hydrogens is 216 g/mol.